The molecule has 0 saturated carbocycles. The highest BCUT2D eigenvalue weighted by molar-refractivity contribution is 7.84. The van der Waals surface area contributed by atoms with E-state index in [4.69, 9.17) is 0 Å². The topological polar surface area (TPSA) is 58.2 Å². The summed E-state index contributed by atoms with van der Waals surface area (Å²) in [6.45, 7) is 3.81. The molecule has 0 heterocycles. The number of nitrogens with one attached hydrogen (secondary N) is 2. The van der Waals surface area contributed by atoms with Gasteiger partial charge in [-0.2, -0.15) is 0 Å². The van der Waals surface area contributed by atoms with Crippen molar-refractivity contribution >= 4 is 16.7 Å². The van der Waals surface area contributed by atoms with Gasteiger partial charge in [0.15, 0.2) is 0 Å². The average Bonchev–Trinajstić information content (AvgIpc) is 2.13. The third-order valence-corrected chi connectivity index (χ3v) is 2.82. The Morgan fingerprint density at radius 2 is 2.00 bits per heavy atom. The van der Waals surface area contributed by atoms with Crippen LogP contribution in [0.25, 0.3) is 0 Å². The summed E-state index contributed by atoms with van der Waals surface area (Å²) in [7, 11) is 0.863. The maximum absolute atomic E-state index is 11.2. The standard InChI is InChI=1S/C9H20N2O2S/c1-7(5-6-14(4)13)11-8(2)9(12)10-3/h7-8,11H,5-6H2,1-4H3,(H,10,12). The van der Waals surface area contributed by atoms with Crippen molar-refractivity contribution in [3.63, 3.8) is 0 Å². The molecule has 3 unspecified atom stereocenters. The molecule has 0 bridgehead atoms. The molecule has 3 atom stereocenters. The molecule has 0 rings (SSSR count). The van der Waals surface area contributed by atoms with Crippen molar-refractivity contribution < 1.29 is 9.00 Å². The molecule has 0 aromatic heterocycles. The normalized spacial score (nSPS) is 17.1. The lowest BCUT2D eigenvalue weighted by atomic mass is 10.2. The van der Waals surface area contributed by atoms with Gasteiger partial charge in [-0.3, -0.25) is 9.00 Å². The molecule has 2 N–H and O–H groups in total. The van der Waals surface area contributed by atoms with Gasteiger partial charge in [0.05, 0.1) is 6.04 Å². The highest BCUT2D eigenvalue weighted by atomic mass is 32.2. The second kappa shape index (κ2) is 6.95. The van der Waals surface area contributed by atoms with E-state index in [1.807, 2.05) is 13.8 Å². The Bertz CT molecular complexity index is 209. The molecule has 0 aliphatic heterocycles. The summed E-state index contributed by atoms with van der Waals surface area (Å²) in [6, 6.07) is 0.0199. The van der Waals surface area contributed by atoms with Gasteiger partial charge in [0.1, 0.15) is 0 Å². The van der Waals surface area contributed by atoms with E-state index in [2.05, 4.69) is 10.6 Å². The molecule has 0 aromatic rings. The highest BCUT2D eigenvalue weighted by Gasteiger charge is 2.13. The van der Waals surface area contributed by atoms with E-state index in [0.29, 0.717) is 5.75 Å². The maximum atomic E-state index is 11.2. The van der Waals surface area contributed by atoms with Crippen LogP contribution in [0.4, 0.5) is 0 Å². The largest absolute Gasteiger partial charge is 0.358 e. The molecule has 0 aliphatic rings. The van der Waals surface area contributed by atoms with Crippen LogP contribution in [0.2, 0.25) is 0 Å². The van der Waals surface area contributed by atoms with E-state index in [1.54, 1.807) is 13.3 Å². The lowest BCUT2D eigenvalue weighted by Gasteiger charge is -2.18. The molecule has 14 heavy (non-hydrogen) atoms. The van der Waals surface area contributed by atoms with Crippen molar-refractivity contribution in [2.75, 3.05) is 19.1 Å². The van der Waals surface area contributed by atoms with Gasteiger partial charge in [0, 0.05) is 35.9 Å². The lowest BCUT2D eigenvalue weighted by Crippen LogP contribution is -2.44. The van der Waals surface area contributed by atoms with Crippen LogP contribution >= 0.6 is 0 Å². The minimum absolute atomic E-state index is 0.0190. The Hall–Kier alpha value is -0.420. The number of hydrogen-bond acceptors (Lipinski definition) is 3. The summed E-state index contributed by atoms with van der Waals surface area (Å²) < 4.78 is 10.8. The summed E-state index contributed by atoms with van der Waals surface area (Å²) in [4.78, 5) is 11.2. The highest BCUT2D eigenvalue weighted by Crippen LogP contribution is 1.95. The van der Waals surface area contributed by atoms with Gasteiger partial charge in [-0.05, 0) is 20.3 Å². The van der Waals surface area contributed by atoms with Gasteiger partial charge in [-0.1, -0.05) is 0 Å². The number of rotatable bonds is 6. The smallest absolute Gasteiger partial charge is 0.236 e. The van der Waals surface area contributed by atoms with Crippen LogP contribution in [-0.4, -0.2) is 41.3 Å². The molecule has 0 saturated heterocycles. The van der Waals surface area contributed by atoms with Crippen LogP contribution in [0, 0.1) is 0 Å². The zero-order valence-corrected chi connectivity index (χ0v) is 10.1. The fraction of sp³-hybridized carbons (Fsp3) is 0.889. The first kappa shape index (κ1) is 13.6. The number of carbonyl (C=O) groups is 1. The Morgan fingerprint density at radius 1 is 1.43 bits per heavy atom. The Labute approximate surface area is 88.3 Å². The molecular formula is C9H20N2O2S. The third-order valence-electron chi connectivity index (χ3n) is 2.01. The first-order valence-corrected chi connectivity index (χ1v) is 6.47. The fourth-order valence-corrected chi connectivity index (χ4v) is 1.83. The monoisotopic (exact) mass is 220 g/mol. The van der Waals surface area contributed by atoms with Crippen LogP contribution in [0.1, 0.15) is 20.3 Å². The van der Waals surface area contributed by atoms with Crippen molar-refractivity contribution in [1.29, 1.82) is 0 Å². The zero-order valence-electron chi connectivity index (χ0n) is 9.29. The summed E-state index contributed by atoms with van der Waals surface area (Å²) in [6.07, 6.45) is 2.51. The van der Waals surface area contributed by atoms with Gasteiger partial charge in [-0.25, -0.2) is 0 Å². The van der Waals surface area contributed by atoms with Gasteiger partial charge in [0.2, 0.25) is 5.91 Å². The minimum atomic E-state index is -0.754. The van der Waals surface area contributed by atoms with Crippen molar-refractivity contribution in [3.05, 3.63) is 0 Å². The molecular weight excluding hydrogens is 200 g/mol. The molecule has 4 nitrogen and oxygen atoms in total. The molecule has 0 fully saturated rings. The first-order valence-electron chi connectivity index (χ1n) is 4.75. The molecule has 0 aliphatic carbocycles. The van der Waals surface area contributed by atoms with E-state index < -0.39 is 10.8 Å². The third kappa shape index (κ3) is 6.10. The maximum Gasteiger partial charge on any atom is 0.236 e. The Kier molecular flexibility index (Phi) is 6.74. The van der Waals surface area contributed by atoms with E-state index in [-0.39, 0.29) is 18.0 Å². The van der Waals surface area contributed by atoms with Crippen LogP contribution in [0.3, 0.4) is 0 Å². The Balaban J connectivity index is 3.76. The quantitative estimate of drug-likeness (QED) is 0.655. The van der Waals surface area contributed by atoms with Crippen molar-refractivity contribution in [3.8, 4) is 0 Å². The average molecular weight is 220 g/mol. The predicted molar refractivity (Wildman–Crippen MR) is 59.7 cm³/mol. The van der Waals surface area contributed by atoms with Crippen molar-refractivity contribution in [1.82, 2.24) is 10.6 Å². The molecule has 0 aromatic carbocycles. The molecule has 5 heteroatoms. The fourth-order valence-electron chi connectivity index (χ4n) is 1.15. The number of amides is 1. The summed E-state index contributed by atoms with van der Waals surface area (Å²) >= 11 is 0. The predicted octanol–water partition coefficient (Wildman–Crippen LogP) is -0.132. The SMILES string of the molecule is CNC(=O)C(C)NC(C)CCS(C)=O. The molecule has 0 radical (unpaired) electrons. The van der Waals surface area contributed by atoms with E-state index in [0.717, 1.165) is 6.42 Å². The van der Waals surface area contributed by atoms with E-state index >= 15 is 0 Å². The lowest BCUT2D eigenvalue weighted by molar-refractivity contribution is -0.122. The van der Waals surface area contributed by atoms with Gasteiger partial charge < -0.3 is 10.6 Å². The number of carbonyl (C=O) groups excluding carboxylic acids is 1. The second-order valence-corrected chi connectivity index (χ2v) is 5.02. The molecule has 84 valence electrons. The van der Waals surface area contributed by atoms with Crippen LogP contribution in [0.5, 0.6) is 0 Å². The van der Waals surface area contributed by atoms with Crippen LogP contribution < -0.4 is 10.6 Å². The van der Waals surface area contributed by atoms with Crippen LogP contribution in [0.15, 0.2) is 0 Å². The van der Waals surface area contributed by atoms with Gasteiger partial charge >= 0.3 is 0 Å². The summed E-state index contributed by atoms with van der Waals surface area (Å²) in [5, 5.41) is 5.71. The van der Waals surface area contributed by atoms with Gasteiger partial charge in [0.25, 0.3) is 0 Å². The zero-order chi connectivity index (χ0) is 11.1. The summed E-state index contributed by atoms with van der Waals surface area (Å²) in [5.41, 5.74) is 0. The molecule has 1 amide bonds. The van der Waals surface area contributed by atoms with Crippen molar-refractivity contribution in [2.24, 2.45) is 0 Å². The van der Waals surface area contributed by atoms with Crippen molar-refractivity contribution in [2.45, 2.75) is 32.4 Å². The van der Waals surface area contributed by atoms with E-state index in [9.17, 15) is 9.00 Å². The Morgan fingerprint density at radius 3 is 2.43 bits per heavy atom. The van der Waals surface area contributed by atoms with E-state index in [1.165, 1.54) is 0 Å². The first-order chi connectivity index (χ1) is 6.47. The van der Waals surface area contributed by atoms with Crippen LogP contribution in [-0.2, 0) is 15.6 Å². The van der Waals surface area contributed by atoms with Gasteiger partial charge in [-0.15, -0.1) is 0 Å². The number of hydrogen-bond donors (Lipinski definition) is 2. The minimum Gasteiger partial charge on any atom is -0.358 e. The second-order valence-electron chi connectivity index (χ2n) is 3.47. The molecule has 0 spiro atoms. The number of likely N-dealkylation sites (N-methyl/N-ethyl adjacent to an activating group) is 1. The summed E-state index contributed by atoms with van der Waals surface area (Å²) in [5.74, 6) is 0.656.